The molecule has 29 heavy (non-hydrogen) atoms. The fourth-order valence-electron chi connectivity index (χ4n) is 5.01. The maximum atomic E-state index is 15.0. The third-order valence-electron chi connectivity index (χ3n) is 6.57. The summed E-state index contributed by atoms with van der Waals surface area (Å²) in [7, 11) is 0. The Hall–Kier alpha value is -2.60. The summed E-state index contributed by atoms with van der Waals surface area (Å²) in [6, 6.07) is 10.5. The van der Waals surface area contributed by atoms with Crippen molar-refractivity contribution in [3.05, 3.63) is 53.3 Å². The minimum absolute atomic E-state index is 0.145. The predicted octanol–water partition coefficient (Wildman–Crippen LogP) is 3.41. The number of halogens is 1. The monoisotopic (exact) mass is 395 g/mol. The van der Waals surface area contributed by atoms with E-state index in [1.54, 1.807) is 17.0 Å². The molecule has 3 aliphatic heterocycles. The normalized spacial score (nSPS) is 22.4. The molecule has 0 spiro atoms. The Kier molecular flexibility index (Phi) is 4.66. The van der Waals surface area contributed by atoms with Gasteiger partial charge in [-0.2, -0.15) is 0 Å². The third kappa shape index (κ3) is 3.35. The van der Waals surface area contributed by atoms with Crippen LogP contribution in [-0.4, -0.2) is 54.7 Å². The van der Waals surface area contributed by atoms with Crippen molar-refractivity contribution in [2.45, 2.75) is 31.7 Å². The van der Waals surface area contributed by atoms with Crippen LogP contribution >= 0.6 is 0 Å². The lowest BCUT2D eigenvalue weighted by atomic mass is 9.98. The minimum Gasteiger partial charge on any atom is -0.508 e. The summed E-state index contributed by atoms with van der Waals surface area (Å²) >= 11 is 0. The molecule has 0 aromatic heterocycles. The standard InChI is InChI=1S/C23H26FN3O2/c24-21-14-17(27-12-7-16-13-19(28)4-5-20(16)23(27)29)3-6-22(21)26-11-8-18(15-26)25-9-1-2-10-25/h3-6,13-14,18,28H,1-2,7-12,15H2/t18-/m1/s1. The molecule has 0 bridgehead atoms. The van der Waals surface area contributed by atoms with E-state index in [0.29, 0.717) is 35.9 Å². The zero-order chi connectivity index (χ0) is 20.0. The van der Waals surface area contributed by atoms with Crippen molar-refractivity contribution in [3.8, 4) is 5.75 Å². The first kappa shape index (κ1) is 18.4. The number of likely N-dealkylation sites (tertiary alicyclic amines) is 1. The summed E-state index contributed by atoms with van der Waals surface area (Å²) < 4.78 is 15.0. The quantitative estimate of drug-likeness (QED) is 0.865. The summed E-state index contributed by atoms with van der Waals surface area (Å²) in [6.07, 6.45) is 4.26. The van der Waals surface area contributed by atoms with Crippen LogP contribution in [0.1, 0.15) is 35.2 Å². The van der Waals surface area contributed by atoms with Crippen LogP contribution in [0.15, 0.2) is 36.4 Å². The second kappa shape index (κ2) is 7.34. The highest BCUT2D eigenvalue weighted by atomic mass is 19.1. The molecule has 3 heterocycles. The highest BCUT2D eigenvalue weighted by molar-refractivity contribution is 6.08. The Balaban J connectivity index is 1.34. The maximum absolute atomic E-state index is 15.0. The van der Waals surface area contributed by atoms with Gasteiger partial charge in [-0.25, -0.2) is 4.39 Å². The van der Waals surface area contributed by atoms with E-state index in [-0.39, 0.29) is 17.5 Å². The molecule has 152 valence electrons. The number of phenols is 1. The van der Waals surface area contributed by atoms with E-state index in [1.165, 1.54) is 25.0 Å². The van der Waals surface area contributed by atoms with Gasteiger partial charge in [0.2, 0.25) is 0 Å². The number of rotatable bonds is 3. The molecule has 5 nitrogen and oxygen atoms in total. The molecule has 2 fully saturated rings. The minimum atomic E-state index is -0.270. The molecule has 0 unspecified atom stereocenters. The van der Waals surface area contributed by atoms with Gasteiger partial charge in [-0.1, -0.05) is 0 Å². The molecule has 1 N–H and O–H groups in total. The molecule has 0 radical (unpaired) electrons. The molecule has 2 saturated heterocycles. The van der Waals surface area contributed by atoms with Crippen LogP contribution < -0.4 is 9.80 Å². The molecule has 0 aliphatic carbocycles. The van der Waals surface area contributed by atoms with Crippen LogP contribution in [0.5, 0.6) is 5.75 Å². The number of hydrogen-bond acceptors (Lipinski definition) is 4. The Labute approximate surface area is 170 Å². The molecule has 2 aromatic rings. The highest BCUT2D eigenvalue weighted by Gasteiger charge is 2.31. The van der Waals surface area contributed by atoms with Crippen molar-refractivity contribution in [1.29, 1.82) is 0 Å². The summed E-state index contributed by atoms with van der Waals surface area (Å²) in [5.74, 6) is -0.249. The first-order chi connectivity index (χ1) is 14.1. The van der Waals surface area contributed by atoms with E-state index in [1.807, 2.05) is 12.1 Å². The summed E-state index contributed by atoms with van der Waals surface area (Å²) in [5.41, 5.74) is 2.63. The number of carbonyl (C=O) groups is 1. The number of nitrogens with zero attached hydrogens (tertiary/aromatic N) is 3. The van der Waals surface area contributed by atoms with E-state index in [9.17, 15) is 9.90 Å². The van der Waals surface area contributed by atoms with Crippen LogP contribution in [0.3, 0.4) is 0 Å². The van der Waals surface area contributed by atoms with Crippen LogP contribution in [-0.2, 0) is 6.42 Å². The number of fused-ring (bicyclic) bond motifs is 1. The van der Waals surface area contributed by atoms with Crippen molar-refractivity contribution < 1.29 is 14.3 Å². The van der Waals surface area contributed by atoms with E-state index in [2.05, 4.69) is 9.80 Å². The van der Waals surface area contributed by atoms with E-state index in [0.717, 1.165) is 38.2 Å². The molecule has 5 rings (SSSR count). The average molecular weight is 395 g/mol. The number of carbonyl (C=O) groups excluding carboxylic acids is 1. The fraction of sp³-hybridized carbons (Fsp3) is 0.435. The van der Waals surface area contributed by atoms with E-state index in [4.69, 9.17) is 0 Å². The number of amides is 1. The van der Waals surface area contributed by atoms with Crippen LogP contribution in [0.25, 0.3) is 0 Å². The van der Waals surface area contributed by atoms with E-state index >= 15 is 4.39 Å². The molecule has 2 aromatic carbocycles. The van der Waals surface area contributed by atoms with Gasteiger partial charge in [0.25, 0.3) is 5.91 Å². The van der Waals surface area contributed by atoms with Crippen LogP contribution in [0.2, 0.25) is 0 Å². The Bertz CT molecular complexity index is 942. The second-order valence-corrected chi connectivity index (χ2v) is 8.32. The molecule has 3 aliphatic rings. The van der Waals surface area contributed by atoms with E-state index < -0.39 is 0 Å². The lowest BCUT2D eigenvalue weighted by Crippen LogP contribution is -2.37. The van der Waals surface area contributed by atoms with Crippen molar-refractivity contribution in [1.82, 2.24) is 4.90 Å². The van der Waals surface area contributed by atoms with Gasteiger partial charge in [0.1, 0.15) is 11.6 Å². The topological polar surface area (TPSA) is 47.0 Å². The van der Waals surface area contributed by atoms with Crippen molar-refractivity contribution in [3.63, 3.8) is 0 Å². The number of hydrogen-bond donors (Lipinski definition) is 1. The number of benzene rings is 2. The van der Waals surface area contributed by atoms with Crippen molar-refractivity contribution in [2.75, 3.05) is 42.5 Å². The molecule has 1 atom stereocenters. The first-order valence-electron chi connectivity index (χ1n) is 10.5. The van der Waals surface area contributed by atoms with Crippen LogP contribution in [0, 0.1) is 5.82 Å². The first-order valence-corrected chi connectivity index (χ1v) is 10.5. The third-order valence-corrected chi connectivity index (χ3v) is 6.57. The summed E-state index contributed by atoms with van der Waals surface area (Å²) in [4.78, 5) is 19.2. The van der Waals surface area contributed by atoms with Gasteiger partial charge in [0.15, 0.2) is 0 Å². The maximum Gasteiger partial charge on any atom is 0.258 e. The number of phenolic OH excluding ortho intramolecular Hbond substituents is 1. The highest BCUT2D eigenvalue weighted by Crippen LogP contribution is 2.32. The largest absolute Gasteiger partial charge is 0.508 e. The fourth-order valence-corrected chi connectivity index (χ4v) is 5.01. The summed E-state index contributed by atoms with van der Waals surface area (Å²) in [6.45, 7) is 4.55. The molecule has 1 amide bonds. The summed E-state index contributed by atoms with van der Waals surface area (Å²) in [5, 5.41) is 9.63. The van der Waals surface area contributed by atoms with Gasteiger partial charge in [0.05, 0.1) is 5.69 Å². The molecular formula is C23H26FN3O2. The Morgan fingerprint density at radius 3 is 2.62 bits per heavy atom. The molecule has 0 saturated carbocycles. The van der Waals surface area contributed by atoms with Crippen molar-refractivity contribution in [2.24, 2.45) is 0 Å². The number of anilines is 2. The second-order valence-electron chi connectivity index (χ2n) is 8.32. The predicted molar refractivity (Wildman–Crippen MR) is 111 cm³/mol. The van der Waals surface area contributed by atoms with Gasteiger partial charge in [-0.05, 0) is 80.7 Å². The van der Waals surface area contributed by atoms with Gasteiger partial charge in [-0.3, -0.25) is 9.69 Å². The zero-order valence-corrected chi connectivity index (χ0v) is 16.5. The van der Waals surface area contributed by atoms with Crippen LogP contribution in [0.4, 0.5) is 15.8 Å². The zero-order valence-electron chi connectivity index (χ0n) is 16.5. The Morgan fingerprint density at radius 2 is 1.83 bits per heavy atom. The van der Waals surface area contributed by atoms with Gasteiger partial charge >= 0.3 is 0 Å². The number of aromatic hydroxyl groups is 1. The van der Waals surface area contributed by atoms with Gasteiger partial charge in [-0.15, -0.1) is 0 Å². The average Bonchev–Trinajstić information content (AvgIpc) is 3.40. The Morgan fingerprint density at radius 1 is 1.00 bits per heavy atom. The molecule has 6 heteroatoms. The molecular weight excluding hydrogens is 369 g/mol. The SMILES string of the molecule is O=C1c2ccc(O)cc2CCN1c1ccc(N2CC[C@@H](N3CCCC3)C2)c(F)c1. The van der Waals surface area contributed by atoms with Crippen molar-refractivity contribution >= 4 is 17.3 Å². The lowest BCUT2D eigenvalue weighted by molar-refractivity contribution is 0.0980. The smallest absolute Gasteiger partial charge is 0.258 e. The van der Waals surface area contributed by atoms with Gasteiger partial charge in [0, 0.05) is 36.9 Å². The van der Waals surface area contributed by atoms with Gasteiger partial charge < -0.3 is 14.9 Å². The lowest BCUT2D eigenvalue weighted by Gasteiger charge is -2.29.